The maximum atomic E-state index is 11.9. The molecule has 0 amide bonds. The van der Waals surface area contributed by atoms with Crippen molar-refractivity contribution < 1.29 is 31.8 Å². The van der Waals surface area contributed by atoms with Crippen LogP contribution in [0.3, 0.4) is 0 Å². The zero-order valence-electron chi connectivity index (χ0n) is 20.3. The Morgan fingerprint density at radius 3 is 2.03 bits per heavy atom. The summed E-state index contributed by atoms with van der Waals surface area (Å²) in [6.07, 6.45) is 9.93. The molecule has 0 fully saturated rings. The zero-order chi connectivity index (χ0) is 24.8. The molecule has 0 rings (SSSR count). The van der Waals surface area contributed by atoms with Crippen LogP contribution in [0.25, 0.3) is 0 Å². The van der Waals surface area contributed by atoms with Gasteiger partial charge >= 0.3 is 29.2 Å². The summed E-state index contributed by atoms with van der Waals surface area (Å²) in [6, 6.07) is 0. The third-order valence-electron chi connectivity index (χ3n) is 4.84. The molecular weight excluding hydrogens is 451 g/mol. The zero-order valence-corrected chi connectivity index (χ0v) is 22.1. The lowest BCUT2D eigenvalue weighted by atomic mass is 10.1. The lowest BCUT2D eigenvalue weighted by Crippen LogP contribution is -2.39. The molecule has 0 spiro atoms. The third-order valence-corrected chi connectivity index (χ3v) is 7.68. The number of esters is 1. The van der Waals surface area contributed by atoms with Gasteiger partial charge in [0, 0.05) is 12.8 Å². The lowest BCUT2D eigenvalue weighted by molar-refractivity contribution is -0.182. The minimum Gasteiger partial charge on any atom is -0.436 e. The van der Waals surface area contributed by atoms with E-state index in [2.05, 4.69) is 32.9 Å². The van der Waals surface area contributed by atoms with Gasteiger partial charge in [0.15, 0.2) is 0 Å². The molecule has 0 radical (unpaired) electrons. The third kappa shape index (κ3) is 12.6. The smallest absolute Gasteiger partial charge is 0.390 e. The SMILES string of the molecule is CCC(=O)OC(C)OC(CCCC=C(C)CCC=C(C)CCC=C(C)C)([PH+]=O)S(=O)(=O)O. The molecule has 0 aromatic rings. The van der Waals surface area contributed by atoms with Crippen molar-refractivity contribution in [2.75, 3.05) is 0 Å². The molecule has 3 unspecified atom stereocenters. The van der Waals surface area contributed by atoms with Crippen LogP contribution >= 0.6 is 8.46 Å². The van der Waals surface area contributed by atoms with Crippen LogP contribution in [-0.2, 0) is 29.0 Å². The van der Waals surface area contributed by atoms with Gasteiger partial charge in [-0.05, 0) is 73.1 Å². The van der Waals surface area contributed by atoms with Gasteiger partial charge in [0.2, 0.25) is 6.29 Å². The van der Waals surface area contributed by atoms with Gasteiger partial charge in [-0.15, -0.1) is 0 Å². The number of ether oxygens (including phenoxy) is 2. The minimum absolute atomic E-state index is 0.0838. The average molecular weight is 492 g/mol. The second-order valence-corrected chi connectivity index (χ2v) is 11.2. The Hall–Kier alpha value is -1.34. The number of hydrogen-bond acceptors (Lipinski definition) is 6. The summed E-state index contributed by atoms with van der Waals surface area (Å²) in [7, 11) is -6.27. The first-order chi connectivity index (χ1) is 14.9. The number of unbranched alkanes of at least 4 members (excludes halogenated alkanes) is 1. The van der Waals surface area contributed by atoms with E-state index < -0.39 is 35.5 Å². The van der Waals surface area contributed by atoms with E-state index in [4.69, 9.17) is 9.47 Å². The van der Waals surface area contributed by atoms with Crippen LogP contribution in [0.1, 0.15) is 92.9 Å². The highest BCUT2D eigenvalue weighted by molar-refractivity contribution is 7.91. The van der Waals surface area contributed by atoms with E-state index in [1.807, 2.05) is 13.0 Å². The largest absolute Gasteiger partial charge is 0.436 e. The Morgan fingerprint density at radius 1 is 1.03 bits per heavy atom. The first kappa shape index (κ1) is 30.7. The summed E-state index contributed by atoms with van der Waals surface area (Å²) < 4.78 is 53.0. The topological polar surface area (TPSA) is 107 Å². The summed E-state index contributed by atoms with van der Waals surface area (Å²) in [5, 5.41) is 0. The van der Waals surface area contributed by atoms with Gasteiger partial charge in [-0.25, -0.2) is 0 Å². The molecule has 0 aliphatic carbocycles. The molecule has 9 heteroatoms. The Bertz CT molecular complexity index is 795. The van der Waals surface area contributed by atoms with Gasteiger partial charge in [-0.2, -0.15) is 8.42 Å². The standard InChI is InChI=1S/C23H39O7PS/c1-7-22(24)29-21(6)30-23(31-25,32(26,27)28)17-9-8-13-19(4)15-11-16-20(5)14-10-12-18(2)3/h12-13,16,21H,7-11,14-15,17H2,1-6H3,(H,26,27,28)/p+1. The number of allylic oxidation sites excluding steroid dienone is 6. The maximum Gasteiger partial charge on any atom is 0.390 e. The molecule has 0 heterocycles. The van der Waals surface area contributed by atoms with Gasteiger partial charge in [-0.1, -0.05) is 46.4 Å². The summed E-state index contributed by atoms with van der Waals surface area (Å²) in [5.41, 5.74) is 3.86. The van der Waals surface area contributed by atoms with Crippen molar-refractivity contribution in [1.29, 1.82) is 0 Å². The normalized spacial score (nSPS) is 15.8. The molecule has 0 aliphatic rings. The monoisotopic (exact) mass is 491 g/mol. The highest BCUT2D eigenvalue weighted by atomic mass is 32.2. The Balaban J connectivity index is 4.77. The van der Waals surface area contributed by atoms with Crippen LogP contribution < -0.4 is 0 Å². The molecule has 0 saturated carbocycles. The first-order valence-corrected chi connectivity index (χ1v) is 13.4. The van der Waals surface area contributed by atoms with Gasteiger partial charge in [0.1, 0.15) is 0 Å². The second-order valence-electron chi connectivity index (χ2n) is 8.21. The van der Waals surface area contributed by atoms with Crippen LogP contribution in [0.4, 0.5) is 0 Å². The number of hydrogen-bond donors (Lipinski definition) is 1. The van der Waals surface area contributed by atoms with Gasteiger partial charge in [0.25, 0.3) is 0 Å². The molecule has 0 bridgehead atoms. The molecule has 1 N–H and O–H groups in total. The Labute approximate surface area is 195 Å². The van der Waals surface area contributed by atoms with Crippen LogP contribution in [0.5, 0.6) is 0 Å². The van der Waals surface area contributed by atoms with E-state index in [1.54, 1.807) is 6.92 Å². The minimum atomic E-state index is -4.80. The van der Waals surface area contributed by atoms with Crippen molar-refractivity contribution in [3.63, 3.8) is 0 Å². The first-order valence-electron chi connectivity index (χ1n) is 11.0. The summed E-state index contributed by atoms with van der Waals surface area (Å²) in [6.45, 7) is 11.2. The molecule has 3 atom stereocenters. The fourth-order valence-electron chi connectivity index (χ4n) is 2.96. The molecule has 184 valence electrons. The van der Waals surface area contributed by atoms with Gasteiger partial charge < -0.3 is 4.74 Å². The van der Waals surface area contributed by atoms with E-state index in [9.17, 15) is 22.3 Å². The van der Waals surface area contributed by atoms with Crippen molar-refractivity contribution in [3.8, 4) is 0 Å². The Morgan fingerprint density at radius 2 is 1.56 bits per heavy atom. The van der Waals surface area contributed by atoms with E-state index in [-0.39, 0.29) is 12.8 Å². The van der Waals surface area contributed by atoms with Crippen molar-refractivity contribution in [3.05, 3.63) is 34.9 Å². The summed E-state index contributed by atoms with van der Waals surface area (Å²) in [5.74, 6) is -0.587. The fraction of sp³-hybridized carbons (Fsp3) is 0.696. The van der Waals surface area contributed by atoms with Crippen LogP contribution in [0.15, 0.2) is 34.9 Å². The van der Waals surface area contributed by atoms with Gasteiger partial charge in [-0.3, -0.25) is 14.1 Å². The Kier molecular flexibility index (Phi) is 14.8. The predicted molar refractivity (Wildman–Crippen MR) is 129 cm³/mol. The highest BCUT2D eigenvalue weighted by Crippen LogP contribution is 2.37. The summed E-state index contributed by atoms with van der Waals surface area (Å²) >= 11 is 0. The van der Waals surface area contributed by atoms with E-state index in [0.29, 0.717) is 12.8 Å². The number of carbonyl (C=O) groups excluding carboxylic acids is 1. The molecule has 32 heavy (non-hydrogen) atoms. The second kappa shape index (κ2) is 15.5. The molecule has 0 saturated heterocycles. The van der Waals surface area contributed by atoms with Crippen molar-refractivity contribution in [2.24, 2.45) is 0 Å². The van der Waals surface area contributed by atoms with Crippen LogP contribution in [0.2, 0.25) is 0 Å². The quantitative estimate of drug-likeness (QED) is 0.0659. The van der Waals surface area contributed by atoms with Crippen LogP contribution in [-0.4, -0.2) is 29.9 Å². The summed E-state index contributed by atoms with van der Waals surface area (Å²) in [4.78, 5) is 11.4. The lowest BCUT2D eigenvalue weighted by Gasteiger charge is -2.22. The highest BCUT2D eigenvalue weighted by Gasteiger charge is 2.54. The fourth-order valence-corrected chi connectivity index (χ4v) is 4.53. The maximum absolute atomic E-state index is 11.9. The van der Waals surface area contributed by atoms with E-state index in [1.165, 1.54) is 23.6 Å². The average Bonchev–Trinajstić information content (AvgIpc) is 2.68. The molecule has 0 aromatic heterocycles. The van der Waals surface area contributed by atoms with E-state index in [0.717, 1.165) is 25.7 Å². The van der Waals surface area contributed by atoms with Crippen molar-refractivity contribution in [1.82, 2.24) is 0 Å². The number of carbonyl (C=O) groups is 1. The van der Waals surface area contributed by atoms with Crippen molar-refractivity contribution in [2.45, 2.75) is 104 Å². The van der Waals surface area contributed by atoms with Crippen molar-refractivity contribution >= 4 is 24.5 Å². The van der Waals surface area contributed by atoms with E-state index >= 15 is 0 Å². The van der Waals surface area contributed by atoms with Crippen LogP contribution in [0, 0.1) is 0 Å². The molecule has 0 aromatic carbocycles. The van der Waals surface area contributed by atoms with Gasteiger partial charge in [0.05, 0.1) is 0 Å². The molecular formula is C23H40O7PS+. The predicted octanol–water partition coefficient (Wildman–Crippen LogP) is 6.46. The molecule has 0 aliphatic heterocycles. The molecule has 7 nitrogen and oxygen atoms in total. The number of rotatable bonds is 16.